The third-order valence-corrected chi connectivity index (χ3v) is 3.01. The van der Waals surface area contributed by atoms with E-state index in [0.29, 0.717) is 17.1 Å². The lowest BCUT2D eigenvalue weighted by atomic mass is 10.0. The van der Waals surface area contributed by atoms with Gasteiger partial charge in [-0.15, -0.1) is 0 Å². The van der Waals surface area contributed by atoms with Crippen molar-refractivity contribution in [2.24, 2.45) is 0 Å². The Kier molecular flexibility index (Phi) is 4.05. The molecular formula is C15H13ClF2O. The number of benzene rings is 2. The Balaban J connectivity index is 2.24. The van der Waals surface area contributed by atoms with Crippen LogP contribution in [0.3, 0.4) is 0 Å². The van der Waals surface area contributed by atoms with Crippen LogP contribution < -0.4 is 4.74 Å². The fourth-order valence-electron chi connectivity index (χ4n) is 1.72. The van der Waals surface area contributed by atoms with E-state index < -0.39 is 5.82 Å². The third-order valence-electron chi connectivity index (χ3n) is 2.72. The summed E-state index contributed by atoms with van der Waals surface area (Å²) in [6, 6.07) is 8.67. The first-order chi connectivity index (χ1) is 8.97. The molecular weight excluding hydrogens is 270 g/mol. The van der Waals surface area contributed by atoms with E-state index in [9.17, 15) is 8.78 Å². The molecule has 0 fully saturated rings. The van der Waals surface area contributed by atoms with Crippen LogP contribution in [0.1, 0.15) is 25.3 Å². The monoisotopic (exact) mass is 282 g/mol. The molecule has 100 valence electrons. The molecule has 0 radical (unpaired) electrons. The number of hydrogen-bond acceptors (Lipinski definition) is 1. The molecule has 0 amide bonds. The molecule has 4 heteroatoms. The van der Waals surface area contributed by atoms with Gasteiger partial charge in [0, 0.05) is 12.1 Å². The van der Waals surface area contributed by atoms with Gasteiger partial charge in [-0.2, -0.15) is 0 Å². The van der Waals surface area contributed by atoms with Crippen molar-refractivity contribution >= 4 is 11.6 Å². The summed E-state index contributed by atoms with van der Waals surface area (Å²) in [4.78, 5) is 0. The predicted molar refractivity (Wildman–Crippen MR) is 72.0 cm³/mol. The molecule has 2 aromatic rings. The van der Waals surface area contributed by atoms with Gasteiger partial charge in [0.1, 0.15) is 23.1 Å². The van der Waals surface area contributed by atoms with E-state index in [4.69, 9.17) is 16.3 Å². The molecule has 0 aromatic heterocycles. The lowest BCUT2D eigenvalue weighted by molar-refractivity contribution is 0.473. The minimum atomic E-state index is -0.518. The molecule has 0 spiro atoms. The van der Waals surface area contributed by atoms with Gasteiger partial charge in [0.25, 0.3) is 0 Å². The van der Waals surface area contributed by atoms with E-state index in [2.05, 4.69) is 0 Å². The molecule has 0 bridgehead atoms. The zero-order chi connectivity index (χ0) is 14.0. The van der Waals surface area contributed by atoms with Crippen LogP contribution in [0.2, 0.25) is 5.02 Å². The van der Waals surface area contributed by atoms with Crippen LogP contribution in [0.4, 0.5) is 8.78 Å². The minimum Gasteiger partial charge on any atom is -0.457 e. The van der Waals surface area contributed by atoms with Gasteiger partial charge in [-0.1, -0.05) is 31.5 Å². The lowest BCUT2D eigenvalue weighted by Gasteiger charge is -2.10. The van der Waals surface area contributed by atoms with Crippen LogP contribution in [0.5, 0.6) is 11.5 Å². The van der Waals surface area contributed by atoms with E-state index in [1.807, 2.05) is 13.8 Å². The van der Waals surface area contributed by atoms with Gasteiger partial charge in [0.2, 0.25) is 0 Å². The summed E-state index contributed by atoms with van der Waals surface area (Å²) < 4.78 is 32.2. The zero-order valence-corrected chi connectivity index (χ0v) is 11.3. The first-order valence-corrected chi connectivity index (χ1v) is 6.27. The van der Waals surface area contributed by atoms with Crippen molar-refractivity contribution in [3.8, 4) is 11.5 Å². The smallest absolute Gasteiger partial charge is 0.142 e. The number of hydrogen-bond donors (Lipinski definition) is 0. The molecule has 0 aliphatic carbocycles. The second-order valence-corrected chi connectivity index (χ2v) is 4.92. The van der Waals surface area contributed by atoms with Crippen molar-refractivity contribution in [1.82, 2.24) is 0 Å². The molecule has 0 unspecified atom stereocenters. The summed E-state index contributed by atoms with van der Waals surface area (Å²) in [7, 11) is 0. The maximum Gasteiger partial charge on any atom is 0.142 e. The Bertz CT molecular complexity index is 597. The van der Waals surface area contributed by atoms with Crippen molar-refractivity contribution in [2.75, 3.05) is 0 Å². The quantitative estimate of drug-likeness (QED) is 0.719. The van der Waals surface area contributed by atoms with Crippen molar-refractivity contribution < 1.29 is 13.5 Å². The van der Waals surface area contributed by atoms with E-state index in [1.54, 1.807) is 12.1 Å². The molecule has 0 saturated heterocycles. The van der Waals surface area contributed by atoms with Crippen LogP contribution in [0.15, 0.2) is 36.4 Å². The molecule has 0 N–H and O–H groups in total. The maximum atomic E-state index is 13.8. The highest BCUT2D eigenvalue weighted by atomic mass is 35.5. The third kappa shape index (κ3) is 3.24. The second kappa shape index (κ2) is 5.57. The lowest BCUT2D eigenvalue weighted by Crippen LogP contribution is -1.94. The van der Waals surface area contributed by atoms with Crippen molar-refractivity contribution in [3.63, 3.8) is 0 Å². The molecule has 0 aliphatic rings. The second-order valence-electron chi connectivity index (χ2n) is 4.52. The Labute approximate surface area is 115 Å². The average Bonchev–Trinajstić information content (AvgIpc) is 2.33. The van der Waals surface area contributed by atoms with E-state index in [1.165, 1.54) is 24.3 Å². The Morgan fingerprint density at radius 3 is 2.16 bits per heavy atom. The van der Waals surface area contributed by atoms with Gasteiger partial charge in [-0.05, 0) is 29.7 Å². The Morgan fingerprint density at radius 1 is 0.947 bits per heavy atom. The SMILES string of the molecule is CC(C)c1ccc(Oc2ccc(F)c(Cl)c2)cc1F. The largest absolute Gasteiger partial charge is 0.457 e. The molecule has 0 heterocycles. The average molecular weight is 283 g/mol. The Hall–Kier alpha value is -1.61. The number of ether oxygens (including phenoxy) is 1. The molecule has 0 saturated carbocycles. The molecule has 0 atom stereocenters. The van der Waals surface area contributed by atoms with Crippen LogP contribution in [0.25, 0.3) is 0 Å². The molecule has 2 rings (SSSR count). The fraction of sp³-hybridized carbons (Fsp3) is 0.200. The van der Waals surface area contributed by atoms with E-state index >= 15 is 0 Å². The predicted octanol–water partition coefficient (Wildman–Crippen LogP) is 5.53. The standard InChI is InChI=1S/C15H13ClF2O/c1-9(2)12-5-3-11(8-15(12)18)19-10-4-6-14(17)13(16)7-10/h3-9H,1-2H3. The highest BCUT2D eigenvalue weighted by Gasteiger charge is 2.09. The van der Waals surface area contributed by atoms with E-state index in [0.717, 1.165) is 0 Å². The summed E-state index contributed by atoms with van der Waals surface area (Å²) in [6.45, 7) is 3.83. The summed E-state index contributed by atoms with van der Waals surface area (Å²) >= 11 is 5.65. The number of halogens is 3. The van der Waals surface area contributed by atoms with E-state index in [-0.39, 0.29) is 16.8 Å². The molecule has 1 nitrogen and oxygen atoms in total. The van der Waals surface area contributed by atoms with Gasteiger partial charge in [0.15, 0.2) is 0 Å². The molecule has 19 heavy (non-hydrogen) atoms. The van der Waals surface area contributed by atoms with Gasteiger partial charge >= 0.3 is 0 Å². The van der Waals surface area contributed by atoms with Crippen LogP contribution in [-0.4, -0.2) is 0 Å². The highest BCUT2D eigenvalue weighted by Crippen LogP contribution is 2.28. The van der Waals surface area contributed by atoms with Crippen molar-refractivity contribution in [3.05, 3.63) is 58.6 Å². The normalized spacial score (nSPS) is 10.8. The minimum absolute atomic E-state index is 0.0308. The van der Waals surface area contributed by atoms with Gasteiger partial charge in [-0.3, -0.25) is 0 Å². The topological polar surface area (TPSA) is 9.23 Å². The zero-order valence-electron chi connectivity index (χ0n) is 10.6. The highest BCUT2D eigenvalue weighted by molar-refractivity contribution is 6.30. The van der Waals surface area contributed by atoms with Gasteiger partial charge in [0.05, 0.1) is 5.02 Å². The summed E-state index contributed by atoms with van der Waals surface area (Å²) in [5.41, 5.74) is 0.629. The summed E-state index contributed by atoms with van der Waals surface area (Å²) in [6.07, 6.45) is 0. The number of rotatable bonds is 3. The molecule has 0 aliphatic heterocycles. The fourth-order valence-corrected chi connectivity index (χ4v) is 1.89. The van der Waals surface area contributed by atoms with Crippen molar-refractivity contribution in [2.45, 2.75) is 19.8 Å². The first kappa shape index (κ1) is 13.8. The van der Waals surface area contributed by atoms with Crippen molar-refractivity contribution in [1.29, 1.82) is 0 Å². The Morgan fingerprint density at radius 2 is 1.58 bits per heavy atom. The van der Waals surface area contributed by atoms with Gasteiger partial charge in [-0.25, -0.2) is 8.78 Å². The maximum absolute atomic E-state index is 13.8. The van der Waals surface area contributed by atoms with Crippen LogP contribution in [-0.2, 0) is 0 Å². The van der Waals surface area contributed by atoms with Crippen LogP contribution in [0, 0.1) is 11.6 Å². The van der Waals surface area contributed by atoms with Gasteiger partial charge < -0.3 is 4.74 Å². The summed E-state index contributed by atoms with van der Waals surface area (Å²) in [5, 5.41) is -0.0308. The van der Waals surface area contributed by atoms with Crippen LogP contribution >= 0.6 is 11.6 Å². The first-order valence-electron chi connectivity index (χ1n) is 5.89. The molecule has 2 aromatic carbocycles. The summed E-state index contributed by atoms with van der Waals surface area (Å²) in [5.74, 6) is -0.0157.